The average molecular weight is 293 g/mol. The summed E-state index contributed by atoms with van der Waals surface area (Å²) in [6.45, 7) is 4.37. The zero-order chi connectivity index (χ0) is 14.8. The molecule has 0 spiro atoms. The molecule has 0 bridgehead atoms. The van der Waals surface area contributed by atoms with Crippen LogP contribution in [0.2, 0.25) is 0 Å². The molecule has 5 nitrogen and oxygen atoms in total. The third kappa shape index (κ3) is 3.26. The van der Waals surface area contributed by atoms with Crippen LogP contribution >= 0.6 is 0 Å². The van der Waals surface area contributed by atoms with Crippen LogP contribution in [0.15, 0.2) is 41.4 Å². The molecule has 1 aromatic heterocycles. The fourth-order valence-corrected chi connectivity index (χ4v) is 2.86. The van der Waals surface area contributed by atoms with Crippen LogP contribution in [-0.2, 0) is 23.6 Å². The van der Waals surface area contributed by atoms with Crippen molar-refractivity contribution in [3.05, 3.63) is 47.8 Å². The molecule has 0 aliphatic heterocycles. The first-order valence-corrected chi connectivity index (χ1v) is 7.95. The number of nitrogens with one attached hydrogen (secondary N) is 1. The van der Waals surface area contributed by atoms with E-state index in [1.807, 2.05) is 12.1 Å². The summed E-state index contributed by atoms with van der Waals surface area (Å²) >= 11 is 0. The highest BCUT2D eigenvalue weighted by molar-refractivity contribution is 7.89. The Labute approximate surface area is 119 Å². The van der Waals surface area contributed by atoms with Crippen LogP contribution in [0.5, 0.6) is 0 Å². The van der Waals surface area contributed by atoms with Gasteiger partial charge in [0.25, 0.3) is 0 Å². The lowest BCUT2D eigenvalue weighted by Crippen LogP contribution is -2.24. The number of hydrogen-bond donors (Lipinski definition) is 1. The van der Waals surface area contributed by atoms with E-state index >= 15 is 0 Å². The predicted octanol–water partition coefficient (Wildman–Crippen LogP) is 2.02. The van der Waals surface area contributed by atoms with E-state index in [0.29, 0.717) is 5.92 Å². The summed E-state index contributed by atoms with van der Waals surface area (Å²) in [6.07, 6.45) is 1.64. The Morgan fingerprint density at radius 2 is 1.85 bits per heavy atom. The largest absolute Gasteiger partial charge is 0.271 e. The maximum Gasteiger partial charge on any atom is 0.240 e. The van der Waals surface area contributed by atoms with Crippen molar-refractivity contribution in [2.45, 2.75) is 31.2 Å². The minimum atomic E-state index is -3.49. The molecule has 0 saturated heterocycles. The molecular formula is C14H19N3O2S. The first-order valence-electron chi connectivity index (χ1n) is 6.46. The van der Waals surface area contributed by atoms with Gasteiger partial charge in [0.05, 0.1) is 17.1 Å². The topological polar surface area (TPSA) is 64.0 Å². The quantitative estimate of drug-likeness (QED) is 0.917. The van der Waals surface area contributed by atoms with E-state index < -0.39 is 10.0 Å². The van der Waals surface area contributed by atoms with Crippen molar-refractivity contribution in [3.63, 3.8) is 0 Å². The maximum absolute atomic E-state index is 12.2. The Bertz CT molecular complexity index is 673. The van der Waals surface area contributed by atoms with Crippen LogP contribution in [0.25, 0.3) is 0 Å². The lowest BCUT2D eigenvalue weighted by Gasteiger charge is -2.09. The van der Waals surface area contributed by atoms with E-state index in [1.165, 1.54) is 0 Å². The van der Waals surface area contributed by atoms with E-state index in [2.05, 4.69) is 23.7 Å². The van der Waals surface area contributed by atoms with Crippen molar-refractivity contribution in [2.24, 2.45) is 7.05 Å². The Hall–Kier alpha value is -1.66. The van der Waals surface area contributed by atoms with Crippen LogP contribution in [0, 0.1) is 0 Å². The third-order valence-electron chi connectivity index (χ3n) is 3.22. The summed E-state index contributed by atoms with van der Waals surface area (Å²) in [6, 6.07) is 8.76. The van der Waals surface area contributed by atoms with E-state index in [-0.39, 0.29) is 11.4 Å². The van der Waals surface area contributed by atoms with Crippen LogP contribution in [0.3, 0.4) is 0 Å². The van der Waals surface area contributed by atoms with Crippen molar-refractivity contribution in [1.29, 1.82) is 0 Å². The van der Waals surface area contributed by atoms with Gasteiger partial charge < -0.3 is 0 Å². The standard InChI is InChI=1S/C14H19N3O2S/c1-11(2)12-4-6-14(7-5-12)20(18,19)16-10-13-8-9-15-17(13)3/h4-9,11,16H,10H2,1-3H3. The Balaban J connectivity index is 2.12. The maximum atomic E-state index is 12.2. The van der Waals surface area contributed by atoms with Gasteiger partial charge in [-0.25, -0.2) is 13.1 Å². The molecule has 1 N–H and O–H groups in total. The summed E-state index contributed by atoms with van der Waals surface area (Å²) in [5, 5.41) is 4.00. The Morgan fingerprint density at radius 1 is 1.20 bits per heavy atom. The second kappa shape index (κ2) is 5.76. The number of rotatable bonds is 5. The molecule has 0 saturated carbocycles. The molecule has 1 aromatic carbocycles. The molecule has 0 unspecified atom stereocenters. The van der Waals surface area contributed by atoms with Crippen molar-refractivity contribution in [3.8, 4) is 0 Å². The first kappa shape index (κ1) is 14.7. The highest BCUT2D eigenvalue weighted by Crippen LogP contribution is 2.17. The second-order valence-electron chi connectivity index (χ2n) is 4.99. The van der Waals surface area contributed by atoms with Gasteiger partial charge >= 0.3 is 0 Å². The summed E-state index contributed by atoms with van der Waals surface area (Å²) in [5.41, 5.74) is 1.93. The van der Waals surface area contributed by atoms with Crippen LogP contribution in [0.1, 0.15) is 31.0 Å². The Kier molecular flexibility index (Phi) is 4.25. The lowest BCUT2D eigenvalue weighted by atomic mass is 10.0. The number of aryl methyl sites for hydroxylation is 1. The molecule has 0 amide bonds. The summed E-state index contributed by atoms with van der Waals surface area (Å²) in [7, 11) is -1.71. The number of aromatic nitrogens is 2. The van der Waals surface area contributed by atoms with E-state index in [9.17, 15) is 8.42 Å². The van der Waals surface area contributed by atoms with Gasteiger partial charge in [0.2, 0.25) is 10.0 Å². The lowest BCUT2D eigenvalue weighted by molar-refractivity contribution is 0.577. The van der Waals surface area contributed by atoms with E-state index in [4.69, 9.17) is 0 Å². The van der Waals surface area contributed by atoms with Crippen molar-refractivity contribution < 1.29 is 8.42 Å². The fourth-order valence-electron chi connectivity index (χ4n) is 1.86. The minimum absolute atomic E-state index is 0.227. The third-order valence-corrected chi connectivity index (χ3v) is 4.64. The van der Waals surface area contributed by atoms with E-state index in [1.54, 1.807) is 36.1 Å². The van der Waals surface area contributed by atoms with Gasteiger partial charge in [-0.05, 0) is 29.7 Å². The number of hydrogen-bond acceptors (Lipinski definition) is 3. The van der Waals surface area contributed by atoms with Gasteiger partial charge in [0.15, 0.2) is 0 Å². The van der Waals surface area contributed by atoms with Gasteiger partial charge in [0, 0.05) is 13.2 Å². The molecular weight excluding hydrogens is 274 g/mol. The molecule has 2 rings (SSSR count). The zero-order valence-corrected chi connectivity index (χ0v) is 12.7. The fraction of sp³-hybridized carbons (Fsp3) is 0.357. The highest BCUT2D eigenvalue weighted by Gasteiger charge is 2.14. The molecule has 2 aromatic rings. The molecule has 0 atom stereocenters. The SMILES string of the molecule is CC(C)c1ccc(S(=O)(=O)NCc2ccnn2C)cc1. The van der Waals surface area contributed by atoms with Gasteiger partial charge in [0.1, 0.15) is 0 Å². The van der Waals surface area contributed by atoms with Gasteiger partial charge in [-0.3, -0.25) is 4.68 Å². The summed E-state index contributed by atoms with van der Waals surface area (Å²) < 4.78 is 28.6. The number of nitrogens with zero attached hydrogens (tertiary/aromatic N) is 2. The minimum Gasteiger partial charge on any atom is -0.271 e. The molecule has 0 fully saturated rings. The van der Waals surface area contributed by atoms with Crippen LogP contribution < -0.4 is 4.72 Å². The van der Waals surface area contributed by atoms with Crippen LogP contribution in [-0.4, -0.2) is 18.2 Å². The van der Waals surface area contributed by atoms with Crippen LogP contribution in [0.4, 0.5) is 0 Å². The zero-order valence-electron chi connectivity index (χ0n) is 11.9. The normalized spacial score (nSPS) is 12.0. The summed E-state index contributed by atoms with van der Waals surface area (Å²) in [5.74, 6) is 0.383. The second-order valence-corrected chi connectivity index (χ2v) is 6.76. The summed E-state index contributed by atoms with van der Waals surface area (Å²) in [4.78, 5) is 0.282. The molecule has 0 aliphatic carbocycles. The molecule has 6 heteroatoms. The molecule has 20 heavy (non-hydrogen) atoms. The molecule has 1 heterocycles. The van der Waals surface area contributed by atoms with E-state index in [0.717, 1.165) is 11.3 Å². The predicted molar refractivity (Wildman–Crippen MR) is 77.8 cm³/mol. The van der Waals surface area contributed by atoms with Gasteiger partial charge in [-0.15, -0.1) is 0 Å². The van der Waals surface area contributed by atoms with Crippen molar-refractivity contribution in [2.75, 3.05) is 0 Å². The molecule has 108 valence electrons. The first-order chi connectivity index (χ1) is 9.40. The number of sulfonamides is 1. The molecule has 0 aliphatic rings. The smallest absolute Gasteiger partial charge is 0.240 e. The Morgan fingerprint density at radius 3 is 2.35 bits per heavy atom. The molecule has 0 radical (unpaired) electrons. The van der Waals surface area contributed by atoms with Gasteiger partial charge in [-0.1, -0.05) is 26.0 Å². The van der Waals surface area contributed by atoms with Gasteiger partial charge in [-0.2, -0.15) is 5.10 Å². The average Bonchev–Trinajstić information content (AvgIpc) is 2.82. The van der Waals surface area contributed by atoms with Crippen molar-refractivity contribution in [1.82, 2.24) is 14.5 Å². The van der Waals surface area contributed by atoms with Crippen molar-refractivity contribution >= 4 is 10.0 Å². The number of benzene rings is 1. The monoisotopic (exact) mass is 293 g/mol. The highest BCUT2D eigenvalue weighted by atomic mass is 32.2.